The average molecular weight is 419 g/mol. The van der Waals surface area contributed by atoms with Gasteiger partial charge in [-0.15, -0.1) is 13.2 Å². The summed E-state index contributed by atoms with van der Waals surface area (Å²) in [6.45, 7) is -4.29. The number of hydrogen-bond acceptors (Lipinski definition) is 4. The van der Waals surface area contributed by atoms with Crippen molar-refractivity contribution in [3.63, 3.8) is 0 Å². The molecule has 2 rings (SSSR count). The molecule has 5 nitrogen and oxygen atoms in total. The van der Waals surface area contributed by atoms with E-state index < -0.39 is 62.3 Å². The first kappa shape index (κ1) is 22.2. The molecule has 0 saturated heterocycles. The number of carbonyl (C=O) groups excluding carboxylic acids is 1. The molecule has 158 valence electrons. The van der Waals surface area contributed by atoms with Crippen LogP contribution in [0, 0.1) is 0 Å². The van der Waals surface area contributed by atoms with Crippen molar-refractivity contribution >= 4 is 5.91 Å². The SMILES string of the molecule is O=C(CC1(O)CC(F)(F)C1)NC(COC(F)(F)F)c1cccc(OC(F)F)c1. The molecule has 0 bridgehead atoms. The average Bonchev–Trinajstić information content (AvgIpc) is 2.47. The topological polar surface area (TPSA) is 67.8 Å². The molecule has 1 amide bonds. The lowest BCUT2D eigenvalue weighted by Gasteiger charge is -2.42. The molecule has 0 radical (unpaired) electrons. The molecule has 0 heterocycles. The predicted octanol–water partition coefficient (Wildman–Crippen LogP) is 3.53. The summed E-state index contributed by atoms with van der Waals surface area (Å²) in [6, 6.07) is 3.08. The van der Waals surface area contributed by atoms with Gasteiger partial charge in [0.15, 0.2) is 0 Å². The number of carbonyl (C=O) groups is 1. The molecule has 0 aromatic heterocycles. The zero-order chi connectivity index (χ0) is 21.2. The minimum absolute atomic E-state index is 0.0540. The Morgan fingerprint density at radius 1 is 1.25 bits per heavy atom. The molecule has 0 aliphatic heterocycles. The van der Waals surface area contributed by atoms with Gasteiger partial charge in [0, 0.05) is 12.8 Å². The van der Waals surface area contributed by atoms with Crippen molar-refractivity contribution in [2.75, 3.05) is 6.61 Å². The highest BCUT2D eigenvalue weighted by atomic mass is 19.4. The third kappa shape index (κ3) is 6.82. The van der Waals surface area contributed by atoms with Crippen molar-refractivity contribution in [1.82, 2.24) is 5.32 Å². The Balaban J connectivity index is 2.10. The van der Waals surface area contributed by atoms with Gasteiger partial charge in [0.1, 0.15) is 5.75 Å². The van der Waals surface area contributed by atoms with E-state index in [-0.39, 0.29) is 11.3 Å². The van der Waals surface area contributed by atoms with Crippen LogP contribution in [-0.4, -0.2) is 42.1 Å². The van der Waals surface area contributed by atoms with Gasteiger partial charge in [0.05, 0.1) is 24.7 Å². The minimum Gasteiger partial charge on any atom is -0.435 e. The van der Waals surface area contributed by atoms with E-state index in [0.29, 0.717) is 0 Å². The Labute approximate surface area is 154 Å². The van der Waals surface area contributed by atoms with Crippen molar-refractivity contribution in [3.8, 4) is 5.75 Å². The maximum Gasteiger partial charge on any atom is 0.522 e. The molecular formula is C16H16F7NO4. The van der Waals surface area contributed by atoms with E-state index in [4.69, 9.17) is 0 Å². The number of rotatable bonds is 8. The van der Waals surface area contributed by atoms with E-state index in [1.54, 1.807) is 0 Å². The van der Waals surface area contributed by atoms with Gasteiger partial charge in [0.25, 0.3) is 5.92 Å². The highest BCUT2D eigenvalue weighted by molar-refractivity contribution is 5.77. The van der Waals surface area contributed by atoms with Crippen LogP contribution in [0.5, 0.6) is 5.75 Å². The number of benzene rings is 1. The molecule has 1 saturated carbocycles. The van der Waals surface area contributed by atoms with Crippen LogP contribution in [0.1, 0.15) is 30.9 Å². The minimum atomic E-state index is -5.03. The monoisotopic (exact) mass is 419 g/mol. The molecule has 28 heavy (non-hydrogen) atoms. The molecule has 0 spiro atoms. The number of halogens is 7. The summed E-state index contributed by atoms with van der Waals surface area (Å²) in [6.07, 6.45) is -7.70. The Kier molecular flexibility index (Phi) is 6.44. The summed E-state index contributed by atoms with van der Waals surface area (Å²) in [5.74, 6) is -4.49. The van der Waals surface area contributed by atoms with Crippen molar-refractivity contribution < 1.29 is 50.1 Å². The molecule has 1 unspecified atom stereocenters. The summed E-state index contributed by atoms with van der Waals surface area (Å²) in [7, 11) is 0. The standard InChI is InChI=1S/C16H16F7NO4/c17-13(18)28-10-3-1-2-9(4-10)11(6-27-16(21,22)23)24-12(25)5-14(26)7-15(19,20)8-14/h1-4,11,13,26H,5-8H2,(H,24,25). The van der Waals surface area contributed by atoms with Crippen LogP contribution < -0.4 is 10.1 Å². The predicted molar refractivity (Wildman–Crippen MR) is 79.7 cm³/mol. The number of ether oxygens (including phenoxy) is 2. The van der Waals surface area contributed by atoms with Crippen LogP contribution in [0.4, 0.5) is 30.7 Å². The molecule has 1 aromatic rings. The smallest absolute Gasteiger partial charge is 0.435 e. The van der Waals surface area contributed by atoms with Crippen LogP contribution in [0.15, 0.2) is 24.3 Å². The Morgan fingerprint density at radius 3 is 2.43 bits per heavy atom. The molecule has 1 aromatic carbocycles. The fourth-order valence-corrected chi connectivity index (χ4v) is 2.89. The number of amides is 1. The van der Waals surface area contributed by atoms with E-state index in [1.165, 1.54) is 12.1 Å². The third-order valence-electron chi connectivity index (χ3n) is 3.90. The molecule has 2 N–H and O–H groups in total. The fourth-order valence-electron chi connectivity index (χ4n) is 2.89. The van der Waals surface area contributed by atoms with E-state index in [9.17, 15) is 40.6 Å². The van der Waals surface area contributed by atoms with Crippen LogP contribution >= 0.6 is 0 Å². The molecule has 1 aliphatic rings. The van der Waals surface area contributed by atoms with Crippen molar-refractivity contribution in [3.05, 3.63) is 29.8 Å². The molecule has 1 aliphatic carbocycles. The number of aliphatic hydroxyl groups is 1. The zero-order valence-corrected chi connectivity index (χ0v) is 14.1. The van der Waals surface area contributed by atoms with Gasteiger partial charge >= 0.3 is 13.0 Å². The second kappa shape index (κ2) is 8.11. The first-order valence-electron chi connectivity index (χ1n) is 7.92. The Bertz CT molecular complexity index is 688. The van der Waals surface area contributed by atoms with Crippen LogP contribution in [0.25, 0.3) is 0 Å². The maximum atomic E-state index is 12.9. The summed E-state index contributed by atoms with van der Waals surface area (Å²) < 4.78 is 95.3. The van der Waals surface area contributed by atoms with Gasteiger partial charge in [-0.05, 0) is 17.7 Å². The Hall–Kier alpha value is -2.08. The number of alkyl halides is 7. The lowest BCUT2D eigenvalue weighted by atomic mass is 9.74. The molecule has 1 fully saturated rings. The number of nitrogens with one attached hydrogen (secondary N) is 1. The van der Waals surface area contributed by atoms with Crippen molar-refractivity contribution in [2.45, 2.75) is 49.8 Å². The van der Waals surface area contributed by atoms with E-state index in [0.717, 1.165) is 12.1 Å². The third-order valence-corrected chi connectivity index (χ3v) is 3.90. The summed E-state index contributed by atoms with van der Waals surface area (Å²) in [5, 5.41) is 12.0. The van der Waals surface area contributed by atoms with E-state index >= 15 is 0 Å². The van der Waals surface area contributed by atoms with Crippen molar-refractivity contribution in [2.24, 2.45) is 0 Å². The second-order valence-corrected chi connectivity index (χ2v) is 6.44. The summed E-state index contributed by atoms with van der Waals surface area (Å²) >= 11 is 0. The first-order chi connectivity index (χ1) is 12.8. The largest absolute Gasteiger partial charge is 0.522 e. The van der Waals surface area contributed by atoms with Gasteiger partial charge in [-0.25, -0.2) is 8.78 Å². The summed E-state index contributed by atoms with van der Waals surface area (Å²) in [5.41, 5.74) is -2.02. The van der Waals surface area contributed by atoms with Crippen LogP contribution in [0.3, 0.4) is 0 Å². The van der Waals surface area contributed by atoms with E-state index in [1.807, 2.05) is 0 Å². The van der Waals surface area contributed by atoms with Gasteiger partial charge in [-0.3, -0.25) is 9.53 Å². The highest BCUT2D eigenvalue weighted by Gasteiger charge is 2.56. The summed E-state index contributed by atoms with van der Waals surface area (Å²) in [4.78, 5) is 12.0. The van der Waals surface area contributed by atoms with Gasteiger partial charge < -0.3 is 15.2 Å². The van der Waals surface area contributed by atoms with E-state index in [2.05, 4.69) is 14.8 Å². The van der Waals surface area contributed by atoms with Gasteiger partial charge in [0.2, 0.25) is 5.91 Å². The lowest BCUT2D eigenvalue weighted by Crippen LogP contribution is -2.54. The lowest BCUT2D eigenvalue weighted by molar-refractivity contribution is -0.326. The van der Waals surface area contributed by atoms with Crippen LogP contribution in [0.2, 0.25) is 0 Å². The normalized spacial score (nSPS) is 19.0. The molecule has 1 atom stereocenters. The van der Waals surface area contributed by atoms with Gasteiger partial charge in [-0.1, -0.05) is 12.1 Å². The molecular weight excluding hydrogens is 403 g/mol. The van der Waals surface area contributed by atoms with Gasteiger partial charge in [-0.2, -0.15) is 8.78 Å². The molecule has 12 heteroatoms. The highest BCUT2D eigenvalue weighted by Crippen LogP contribution is 2.47. The maximum absolute atomic E-state index is 12.9. The first-order valence-corrected chi connectivity index (χ1v) is 7.92. The fraction of sp³-hybridized carbons (Fsp3) is 0.562. The second-order valence-electron chi connectivity index (χ2n) is 6.44. The zero-order valence-electron chi connectivity index (χ0n) is 14.1. The number of hydrogen-bond donors (Lipinski definition) is 2. The van der Waals surface area contributed by atoms with Crippen LogP contribution in [-0.2, 0) is 9.53 Å². The Morgan fingerprint density at radius 2 is 1.89 bits per heavy atom. The van der Waals surface area contributed by atoms with Crippen molar-refractivity contribution in [1.29, 1.82) is 0 Å². The quantitative estimate of drug-likeness (QED) is 0.633.